The zero-order chi connectivity index (χ0) is 24.7. The molecular formula is C26H27BrN4O2S2. The molecule has 4 aromatic rings. The summed E-state index contributed by atoms with van der Waals surface area (Å²) in [4.78, 5) is 27.9. The lowest BCUT2D eigenvalue weighted by molar-refractivity contribution is -0.113. The standard InChI is InChI=1S/C26H27BrN4O2S2/c1-14(2)9-19-18-11-33-26(3,4)10-17(18)21-22-23(35-24(21)31-19)25(29-13-28-22)34-12-20(32)30-16-7-5-15(27)6-8-16/h5-8,13-14H,9-12H2,1-4H3,(H,30,32). The Morgan fingerprint density at radius 2 is 2.00 bits per heavy atom. The first-order valence-electron chi connectivity index (χ1n) is 11.6. The van der Waals surface area contributed by atoms with Crippen molar-refractivity contribution < 1.29 is 9.53 Å². The number of aromatic nitrogens is 3. The summed E-state index contributed by atoms with van der Waals surface area (Å²) in [5.41, 5.74) is 5.10. The number of carbonyl (C=O) groups excluding carboxylic acids is 1. The van der Waals surface area contributed by atoms with Crippen molar-refractivity contribution in [1.82, 2.24) is 15.0 Å². The zero-order valence-corrected chi connectivity index (χ0v) is 23.4. The average Bonchev–Trinajstić information content (AvgIpc) is 3.17. The fourth-order valence-corrected chi connectivity index (χ4v) is 6.69. The van der Waals surface area contributed by atoms with Crippen LogP contribution in [0.1, 0.15) is 44.5 Å². The highest BCUT2D eigenvalue weighted by molar-refractivity contribution is 9.10. The molecule has 1 aromatic carbocycles. The van der Waals surface area contributed by atoms with Crippen LogP contribution in [0.4, 0.5) is 5.69 Å². The van der Waals surface area contributed by atoms with Gasteiger partial charge < -0.3 is 10.1 Å². The van der Waals surface area contributed by atoms with Crippen LogP contribution in [0, 0.1) is 5.92 Å². The lowest BCUT2D eigenvalue weighted by Gasteiger charge is -2.33. The van der Waals surface area contributed by atoms with E-state index in [1.165, 1.54) is 22.9 Å². The number of hydrogen-bond acceptors (Lipinski definition) is 7. The SMILES string of the molecule is CC(C)Cc1nc2sc3c(SCC(=O)Nc4ccc(Br)cc4)ncnc3c2c2c1COC(C)(C)C2. The van der Waals surface area contributed by atoms with Crippen molar-refractivity contribution in [3.8, 4) is 0 Å². The van der Waals surface area contributed by atoms with E-state index in [4.69, 9.17) is 9.72 Å². The van der Waals surface area contributed by atoms with Gasteiger partial charge in [-0.15, -0.1) is 11.3 Å². The molecular weight excluding hydrogens is 544 g/mol. The van der Waals surface area contributed by atoms with Gasteiger partial charge >= 0.3 is 0 Å². The fourth-order valence-electron chi connectivity index (χ4n) is 4.37. The lowest BCUT2D eigenvalue weighted by Crippen LogP contribution is -2.33. The molecule has 0 spiro atoms. The minimum atomic E-state index is -0.236. The number of carbonyl (C=O) groups is 1. The molecule has 1 amide bonds. The number of anilines is 1. The Morgan fingerprint density at radius 3 is 2.74 bits per heavy atom. The van der Waals surface area contributed by atoms with Gasteiger partial charge in [0.25, 0.3) is 0 Å². The van der Waals surface area contributed by atoms with E-state index in [1.807, 2.05) is 24.3 Å². The second-order valence-electron chi connectivity index (χ2n) is 9.82. The quantitative estimate of drug-likeness (QED) is 0.203. The number of pyridine rings is 1. The molecule has 0 saturated heterocycles. The monoisotopic (exact) mass is 570 g/mol. The average molecular weight is 572 g/mol. The number of halogens is 1. The van der Waals surface area contributed by atoms with E-state index in [0.29, 0.717) is 12.5 Å². The third kappa shape index (κ3) is 5.23. The number of ether oxygens (including phenoxy) is 1. The molecule has 0 aliphatic carbocycles. The highest BCUT2D eigenvalue weighted by Gasteiger charge is 2.31. The first kappa shape index (κ1) is 24.6. The predicted octanol–water partition coefficient (Wildman–Crippen LogP) is 6.78. The Balaban J connectivity index is 1.50. The van der Waals surface area contributed by atoms with Crippen LogP contribution in [0.25, 0.3) is 20.4 Å². The van der Waals surface area contributed by atoms with Crippen LogP contribution in [-0.2, 0) is 29.0 Å². The first-order chi connectivity index (χ1) is 16.7. The molecule has 35 heavy (non-hydrogen) atoms. The number of hydrogen-bond donors (Lipinski definition) is 1. The van der Waals surface area contributed by atoms with E-state index in [2.05, 4.69) is 58.9 Å². The minimum absolute atomic E-state index is 0.0705. The van der Waals surface area contributed by atoms with Gasteiger partial charge in [-0.1, -0.05) is 41.5 Å². The van der Waals surface area contributed by atoms with E-state index >= 15 is 0 Å². The molecule has 0 fully saturated rings. The Labute approximate surface area is 221 Å². The molecule has 0 atom stereocenters. The maximum atomic E-state index is 12.6. The maximum absolute atomic E-state index is 12.6. The van der Waals surface area contributed by atoms with Gasteiger partial charge in [0.2, 0.25) is 5.91 Å². The summed E-state index contributed by atoms with van der Waals surface area (Å²) >= 11 is 6.47. The van der Waals surface area contributed by atoms with Crippen LogP contribution in [-0.4, -0.2) is 32.2 Å². The molecule has 5 rings (SSSR count). The molecule has 0 bridgehead atoms. The van der Waals surface area contributed by atoms with Crippen LogP contribution >= 0.6 is 39.0 Å². The molecule has 4 heterocycles. The highest BCUT2D eigenvalue weighted by Crippen LogP contribution is 2.43. The van der Waals surface area contributed by atoms with Gasteiger partial charge in [-0.25, -0.2) is 15.0 Å². The van der Waals surface area contributed by atoms with Crippen molar-refractivity contribution in [2.45, 2.75) is 57.8 Å². The summed E-state index contributed by atoms with van der Waals surface area (Å²) in [7, 11) is 0. The Bertz CT molecular complexity index is 1420. The van der Waals surface area contributed by atoms with Gasteiger partial charge in [0, 0.05) is 33.2 Å². The van der Waals surface area contributed by atoms with Gasteiger partial charge in [-0.3, -0.25) is 4.79 Å². The first-order valence-corrected chi connectivity index (χ1v) is 14.2. The van der Waals surface area contributed by atoms with E-state index in [1.54, 1.807) is 17.7 Å². The van der Waals surface area contributed by atoms with Crippen LogP contribution in [0.2, 0.25) is 0 Å². The van der Waals surface area contributed by atoms with Crippen molar-refractivity contribution in [1.29, 1.82) is 0 Å². The largest absolute Gasteiger partial charge is 0.370 e. The fraction of sp³-hybridized carbons (Fsp3) is 0.385. The number of thiophene rings is 1. The zero-order valence-electron chi connectivity index (χ0n) is 20.1. The van der Waals surface area contributed by atoms with Gasteiger partial charge in [-0.05, 0) is 56.0 Å². The molecule has 3 aromatic heterocycles. The number of rotatable bonds is 6. The molecule has 1 aliphatic heterocycles. The molecule has 0 unspecified atom stereocenters. The molecule has 9 heteroatoms. The van der Waals surface area contributed by atoms with Gasteiger partial charge in [0.05, 0.1) is 28.2 Å². The number of benzene rings is 1. The number of nitrogens with one attached hydrogen (secondary N) is 1. The van der Waals surface area contributed by atoms with Crippen molar-refractivity contribution in [2.75, 3.05) is 11.1 Å². The molecule has 1 N–H and O–H groups in total. The van der Waals surface area contributed by atoms with Crippen LogP contribution in [0.5, 0.6) is 0 Å². The summed E-state index contributed by atoms with van der Waals surface area (Å²) in [6, 6.07) is 7.55. The molecule has 0 saturated carbocycles. The van der Waals surface area contributed by atoms with E-state index in [9.17, 15) is 4.79 Å². The summed E-state index contributed by atoms with van der Waals surface area (Å²) in [5, 5.41) is 4.88. The summed E-state index contributed by atoms with van der Waals surface area (Å²) < 4.78 is 8.14. The molecule has 0 radical (unpaired) electrons. The van der Waals surface area contributed by atoms with Crippen molar-refractivity contribution >= 4 is 71.1 Å². The summed E-state index contributed by atoms with van der Waals surface area (Å²) in [5.74, 6) is 0.698. The Morgan fingerprint density at radius 1 is 1.23 bits per heavy atom. The summed E-state index contributed by atoms with van der Waals surface area (Å²) in [6.07, 6.45) is 3.34. The van der Waals surface area contributed by atoms with Gasteiger partial charge in [0.15, 0.2) is 0 Å². The second kappa shape index (κ2) is 9.76. The Kier molecular flexibility index (Phi) is 6.87. The lowest BCUT2D eigenvalue weighted by atomic mass is 9.88. The Hall–Kier alpha value is -2.07. The molecule has 6 nitrogen and oxygen atoms in total. The third-order valence-electron chi connectivity index (χ3n) is 5.95. The molecule has 1 aliphatic rings. The molecule has 182 valence electrons. The van der Waals surface area contributed by atoms with Gasteiger partial charge in [0.1, 0.15) is 16.2 Å². The number of thioether (sulfide) groups is 1. The normalized spacial score (nSPS) is 15.0. The predicted molar refractivity (Wildman–Crippen MR) is 147 cm³/mol. The van der Waals surface area contributed by atoms with Gasteiger partial charge in [-0.2, -0.15) is 0 Å². The number of amides is 1. The van der Waals surface area contributed by atoms with Crippen molar-refractivity contribution in [3.05, 3.63) is 51.9 Å². The van der Waals surface area contributed by atoms with Crippen LogP contribution < -0.4 is 5.32 Å². The smallest absolute Gasteiger partial charge is 0.234 e. The third-order valence-corrected chi connectivity index (χ3v) is 8.68. The topological polar surface area (TPSA) is 77.0 Å². The van der Waals surface area contributed by atoms with E-state index < -0.39 is 0 Å². The second-order valence-corrected chi connectivity index (χ2v) is 12.7. The van der Waals surface area contributed by atoms with Crippen LogP contribution in [0.15, 0.2) is 40.1 Å². The van der Waals surface area contributed by atoms with E-state index in [0.717, 1.165) is 54.2 Å². The highest BCUT2D eigenvalue weighted by atomic mass is 79.9. The number of nitrogens with zero attached hydrogens (tertiary/aromatic N) is 3. The minimum Gasteiger partial charge on any atom is -0.370 e. The maximum Gasteiger partial charge on any atom is 0.234 e. The summed E-state index contributed by atoms with van der Waals surface area (Å²) in [6.45, 7) is 9.29. The van der Waals surface area contributed by atoms with Crippen molar-refractivity contribution in [3.63, 3.8) is 0 Å². The van der Waals surface area contributed by atoms with E-state index in [-0.39, 0.29) is 17.3 Å². The van der Waals surface area contributed by atoms with Crippen LogP contribution in [0.3, 0.4) is 0 Å². The number of fused-ring (bicyclic) bond motifs is 5. The van der Waals surface area contributed by atoms with Crippen molar-refractivity contribution in [2.24, 2.45) is 5.92 Å².